The highest BCUT2D eigenvalue weighted by atomic mass is 35.5. The highest BCUT2D eigenvalue weighted by molar-refractivity contribution is 8.18. The number of aliphatic imine (C=N–C) groups is 1. The number of hydrogen-bond donors (Lipinski definition) is 1. The molecule has 1 aliphatic heterocycles. The normalized spacial score (nSPS) is 15.4. The van der Waals surface area contributed by atoms with Crippen molar-refractivity contribution in [3.8, 4) is 11.5 Å². The monoisotopic (exact) mass is 536 g/mol. The van der Waals surface area contributed by atoms with Gasteiger partial charge in [-0.25, -0.2) is 9.79 Å². The molecule has 9 heteroatoms. The number of thioether (sulfide) groups is 1. The van der Waals surface area contributed by atoms with Crippen molar-refractivity contribution >= 4 is 52.2 Å². The standard InChI is InChI=1S/C28H25ClN2O5S/c1-3-31-26(32)25(37-28(31)30-22-12-8-20(9-13-22)27(33)34)16-19-7-14-23(24(15-19)35-4-2)36-17-18-5-10-21(29)11-6-18/h5-16H,3-4,17H2,1-2H3,(H,33,34). The average molecular weight is 537 g/mol. The van der Waals surface area contributed by atoms with Gasteiger partial charge in [0.15, 0.2) is 16.7 Å². The molecule has 0 aliphatic carbocycles. The third-order valence-corrected chi connectivity index (χ3v) is 6.67. The number of benzene rings is 3. The Morgan fingerprint density at radius 3 is 2.41 bits per heavy atom. The van der Waals surface area contributed by atoms with E-state index in [1.54, 1.807) is 23.1 Å². The molecular formula is C28H25ClN2O5S. The number of likely N-dealkylation sites (N-methyl/N-ethyl adjacent to an activating group) is 1. The van der Waals surface area contributed by atoms with Gasteiger partial charge in [-0.2, -0.15) is 0 Å². The van der Waals surface area contributed by atoms with Gasteiger partial charge in [0.25, 0.3) is 5.91 Å². The van der Waals surface area contributed by atoms with Gasteiger partial charge >= 0.3 is 5.97 Å². The van der Waals surface area contributed by atoms with Crippen LogP contribution in [0.2, 0.25) is 5.02 Å². The number of halogens is 1. The number of amides is 1. The fourth-order valence-corrected chi connectivity index (χ4v) is 4.74. The first kappa shape index (κ1) is 26.3. The lowest BCUT2D eigenvalue weighted by molar-refractivity contribution is -0.122. The molecule has 4 rings (SSSR count). The first-order chi connectivity index (χ1) is 17.9. The van der Waals surface area contributed by atoms with Crippen LogP contribution in [0.1, 0.15) is 35.3 Å². The van der Waals surface area contributed by atoms with Gasteiger partial charge in [-0.05, 0) is 91.3 Å². The summed E-state index contributed by atoms with van der Waals surface area (Å²) in [6, 6.07) is 19.2. The van der Waals surface area contributed by atoms with E-state index in [2.05, 4.69) is 4.99 Å². The molecule has 1 heterocycles. The van der Waals surface area contributed by atoms with Gasteiger partial charge in [0.05, 0.1) is 22.8 Å². The second kappa shape index (κ2) is 12.0. The zero-order valence-corrected chi connectivity index (χ0v) is 21.9. The third-order valence-electron chi connectivity index (χ3n) is 5.42. The molecule has 0 saturated carbocycles. The minimum absolute atomic E-state index is 0.144. The highest BCUT2D eigenvalue weighted by Gasteiger charge is 2.32. The number of nitrogens with zero attached hydrogens (tertiary/aromatic N) is 2. The van der Waals surface area contributed by atoms with E-state index in [9.17, 15) is 9.59 Å². The van der Waals surface area contributed by atoms with Gasteiger partial charge in [-0.1, -0.05) is 29.8 Å². The summed E-state index contributed by atoms with van der Waals surface area (Å²) in [6.07, 6.45) is 1.80. The van der Waals surface area contributed by atoms with E-state index in [0.29, 0.717) is 52.0 Å². The molecule has 1 amide bonds. The summed E-state index contributed by atoms with van der Waals surface area (Å²) in [5, 5.41) is 10.3. The molecule has 1 fully saturated rings. The maximum Gasteiger partial charge on any atom is 0.335 e. The topological polar surface area (TPSA) is 88.4 Å². The Kier molecular flexibility index (Phi) is 8.53. The van der Waals surface area contributed by atoms with E-state index in [0.717, 1.165) is 11.1 Å². The van der Waals surface area contributed by atoms with Gasteiger partial charge < -0.3 is 14.6 Å². The van der Waals surface area contributed by atoms with Crippen molar-refractivity contribution in [3.05, 3.63) is 93.3 Å². The number of carboxylic acid groups (broad SMARTS) is 1. The number of carboxylic acids is 1. The van der Waals surface area contributed by atoms with Crippen LogP contribution in [0.15, 0.2) is 76.6 Å². The van der Waals surface area contributed by atoms with Crippen LogP contribution in [0.4, 0.5) is 5.69 Å². The predicted molar refractivity (Wildman–Crippen MR) is 147 cm³/mol. The van der Waals surface area contributed by atoms with Gasteiger partial charge in [-0.3, -0.25) is 9.69 Å². The molecule has 3 aromatic rings. The Labute approximate surface area is 224 Å². The van der Waals surface area contributed by atoms with Crippen LogP contribution >= 0.6 is 23.4 Å². The smallest absolute Gasteiger partial charge is 0.335 e. The molecule has 0 radical (unpaired) electrons. The lowest BCUT2D eigenvalue weighted by atomic mass is 10.1. The molecule has 0 bridgehead atoms. The lowest BCUT2D eigenvalue weighted by Crippen LogP contribution is -2.28. The molecule has 0 unspecified atom stereocenters. The summed E-state index contributed by atoms with van der Waals surface area (Å²) in [7, 11) is 0. The second-order valence-electron chi connectivity index (χ2n) is 7.96. The summed E-state index contributed by atoms with van der Waals surface area (Å²) < 4.78 is 11.8. The summed E-state index contributed by atoms with van der Waals surface area (Å²) >= 11 is 7.23. The minimum Gasteiger partial charge on any atom is -0.490 e. The number of amidine groups is 1. The molecule has 0 aromatic heterocycles. The van der Waals surface area contributed by atoms with Crippen molar-refractivity contribution < 1.29 is 24.2 Å². The summed E-state index contributed by atoms with van der Waals surface area (Å²) in [5.74, 6) is 0.0416. The van der Waals surface area contributed by atoms with Crippen LogP contribution in [-0.2, 0) is 11.4 Å². The number of carbonyl (C=O) groups excluding carboxylic acids is 1. The van der Waals surface area contributed by atoms with Crippen LogP contribution in [0, 0.1) is 0 Å². The summed E-state index contributed by atoms with van der Waals surface area (Å²) in [5.41, 5.74) is 2.52. The number of carbonyl (C=O) groups is 2. The van der Waals surface area contributed by atoms with Gasteiger partial charge in [0.2, 0.25) is 0 Å². The maximum atomic E-state index is 13.1. The molecular weight excluding hydrogens is 512 g/mol. The van der Waals surface area contributed by atoms with E-state index in [1.807, 2.05) is 56.3 Å². The van der Waals surface area contributed by atoms with E-state index in [-0.39, 0.29) is 11.5 Å². The number of hydrogen-bond acceptors (Lipinski definition) is 6. The Morgan fingerprint density at radius 2 is 1.76 bits per heavy atom. The second-order valence-corrected chi connectivity index (χ2v) is 9.41. The summed E-state index contributed by atoms with van der Waals surface area (Å²) in [4.78, 5) is 30.8. The van der Waals surface area contributed by atoms with Crippen molar-refractivity contribution in [3.63, 3.8) is 0 Å². The molecule has 3 aromatic carbocycles. The quantitative estimate of drug-likeness (QED) is 0.308. The predicted octanol–water partition coefficient (Wildman–Crippen LogP) is 6.64. The largest absolute Gasteiger partial charge is 0.490 e. The maximum absolute atomic E-state index is 13.1. The van der Waals surface area contributed by atoms with Crippen LogP contribution in [0.5, 0.6) is 11.5 Å². The average Bonchev–Trinajstić information content (AvgIpc) is 3.18. The lowest BCUT2D eigenvalue weighted by Gasteiger charge is -2.13. The van der Waals surface area contributed by atoms with Crippen molar-refractivity contribution in [1.29, 1.82) is 0 Å². The molecule has 190 valence electrons. The van der Waals surface area contributed by atoms with Gasteiger partial charge in [0.1, 0.15) is 6.61 Å². The van der Waals surface area contributed by atoms with Crippen LogP contribution < -0.4 is 9.47 Å². The number of aromatic carboxylic acids is 1. The third kappa shape index (κ3) is 6.53. The van der Waals surface area contributed by atoms with E-state index in [4.69, 9.17) is 26.2 Å². The first-order valence-electron chi connectivity index (χ1n) is 11.7. The van der Waals surface area contributed by atoms with Crippen molar-refractivity contribution in [2.75, 3.05) is 13.2 Å². The molecule has 0 atom stereocenters. The van der Waals surface area contributed by atoms with Crippen molar-refractivity contribution in [1.82, 2.24) is 4.90 Å². The molecule has 7 nitrogen and oxygen atoms in total. The Balaban J connectivity index is 1.55. The number of rotatable bonds is 9. The Hall–Kier alpha value is -3.75. The van der Waals surface area contributed by atoms with Crippen molar-refractivity contribution in [2.45, 2.75) is 20.5 Å². The fourth-order valence-electron chi connectivity index (χ4n) is 3.55. The zero-order valence-electron chi connectivity index (χ0n) is 20.3. The van der Waals surface area contributed by atoms with E-state index >= 15 is 0 Å². The highest BCUT2D eigenvalue weighted by Crippen LogP contribution is 2.36. The van der Waals surface area contributed by atoms with Crippen molar-refractivity contribution in [2.24, 2.45) is 4.99 Å². The number of ether oxygens (including phenoxy) is 2. The molecule has 1 aliphatic rings. The Morgan fingerprint density at radius 1 is 1.03 bits per heavy atom. The van der Waals surface area contributed by atoms with Gasteiger partial charge in [-0.15, -0.1) is 0 Å². The minimum atomic E-state index is -1.00. The molecule has 1 N–H and O–H groups in total. The first-order valence-corrected chi connectivity index (χ1v) is 12.8. The van der Waals surface area contributed by atoms with Gasteiger partial charge in [0, 0.05) is 11.6 Å². The van der Waals surface area contributed by atoms with Crippen LogP contribution in [-0.4, -0.2) is 40.2 Å². The molecule has 37 heavy (non-hydrogen) atoms. The zero-order chi connectivity index (χ0) is 26.4. The van der Waals surface area contributed by atoms with Crippen LogP contribution in [0.3, 0.4) is 0 Å². The van der Waals surface area contributed by atoms with E-state index in [1.165, 1.54) is 23.9 Å². The SMILES string of the molecule is CCOc1cc(C=C2SC(=Nc3ccc(C(=O)O)cc3)N(CC)C2=O)ccc1OCc1ccc(Cl)cc1. The molecule has 1 saturated heterocycles. The van der Waals surface area contributed by atoms with E-state index < -0.39 is 5.97 Å². The summed E-state index contributed by atoms with van der Waals surface area (Å²) in [6.45, 7) is 5.06. The van der Waals surface area contributed by atoms with Crippen LogP contribution in [0.25, 0.3) is 6.08 Å². The molecule has 0 spiro atoms. The fraction of sp³-hybridized carbons (Fsp3) is 0.179. The Bertz CT molecular complexity index is 1350.